The number of nitro groups is 1. The molecule has 0 fully saturated rings. The molecule has 4 rings (SSSR count). The monoisotopic (exact) mass is 449 g/mol. The number of rotatable bonds is 7. The molecule has 0 radical (unpaired) electrons. The quantitative estimate of drug-likeness (QED) is 0.335. The van der Waals surface area contributed by atoms with Crippen LogP contribution in [-0.4, -0.2) is 46.5 Å². The summed E-state index contributed by atoms with van der Waals surface area (Å²) >= 11 is 0. The van der Waals surface area contributed by atoms with Crippen molar-refractivity contribution in [3.05, 3.63) is 70.7 Å². The molecule has 0 atom stereocenters. The Morgan fingerprint density at radius 1 is 1.09 bits per heavy atom. The maximum absolute atomic E-state index is 13.0. The van der Waals surface area contributed by atoms with E-state index in [1.165, 1.54) is 27.4 Å². The standard InChI is InChI=1S/C22H19N5O6/c1-31-17-11-15(18(27(29)30)20(33-3)19(17)32-2)21(28)24-14-7-5-13(6-8-14)16-12-26-10-4-9-23-22(26)25-16/h4-12H,1-3H3,(H,24,28). The number of hydrogen-bond donors (Lipinski definition) is 1. The van der Waals surface area contributed by atoms with Gasteiger partial charge < -0.3 is 19.5 Å². The van der Waals surface area contributed by atoms with Gasteiger partial charge in [0.05, 0.1) is 31.9 Å². The van der Waals surface area contributed by atoms with Gasteiger partial charge in [0.25, 0.3) is 5.91 Å². The van der Waals surface area contributed by atoms with Crippen molar-refractivity contribution in [3.8, 4) is 28.5 Å². The number of amides is 1. The van der Waals surface area contributed by atoms with Crippen LogP contribution in [0.5, 0.6) is 17.2 Å². The largest absolute Gasteiger partial charge is 0.493 e. The zero-order chi connectivity index (χ0) is 23.5. The Bertz CT molecular complexity index is 1320. The summed E-state index contributed by atoms with van der Waals surface area (Å²) in [5.74, 6) is -0.191. The molecule has 1 N–H and O–H groups in total. The van der Waals surface area contributed by atoms with Gasteiger partial charge in [0.2, 0.25) is 17.3 Å². The number of benzene rings is 2. The fourth-order valence-electron chi connectivity index (χ4n) is 3.39. The summed E-state index contributed by atoms with van der Waals surface area (Å²) < 4.78 is 17.4. The SMILES string of the molecule is COc1cc(C(=O)Nc2ccc(-c3cn4cccnc4n3)cc2)c([N+](=O)[O-])c(OC)c1OC. The summed E-state index contributed by atoms with van der Waals surface area (Å²) in [5.41, 5.74) is 1.21. The fourth-order valence-corrected chi connectivity index (χ4v) is 3.39. The summed E-state index contributed by atoms with van der Waals surface area (Å²) in [6.07, 6.45) is 5.35. The van der Waals surface area contributed by atoms with Crippen LogP contribution in [-0.2, 0) is 0 Å². The molecule has 11 nitrogen and oxygen atoms in total. The summed E-state index contributed by atoms with van der Waals surface area (Å²) in [5, 5.41) is 14.4. The number of hydrogen-bond acceptors (Lipinski definition) is 8. The molecule has 0 aliphatic carbocycles. The van der Waals surface area contributed by atoms with Gasteiger partial charge in [-0.1, -0.05) is 12.1 Å². The topological polar surface area (TPSA) is 130 Å². The smallest absolute Gasteiger partial charge is 0.327 e. The van der Waals surface area contributed by atoms with Crippen LogP contribution in [0.1, 0.15) is 10.4 Å². The lowest BCUT2D eigenvalue weighted by Crippen LogP contribution is -2.15. The van der Waals surface area contributed by atoms with Gasteiger partial charge in [0.15, 0.2) is 5.75 Å². The van der Waals surface area contributed by atoms with E-state index in [9.17, 15) is 14.9 Å². The lowest BCUT2D eigenvalue weighted by atomic mass is 10.1. The number of carbonyl (C=O) groups excluding carboxylic acids is 1. The van der Waals surface area contributed by atoms with Gasteiger partial charge in [0.1, 0.15) is 5.56 Å². The van der Waals surface area contributed by atoms with Crippen LogP contribution >= 0.6 is 0 Å². The lowest BCUT2D eigenvalue weighted by Gasteiger charge is -2.15. The predicted molar refractivity (Wildman–Crippen MR) is 119 cm³/mol. The second-order valence-corrected chi connectivity index (χ2v) is 6.78. The van der Waals surface area contributed by atoms with Crippen LogP contribution in [0.25, 0.3) is 17.0 Å². The highest BCUT2D eigenvalue weighted by Crippen LogP contribution is 2.46. The predicted octanol–water partition coefficient (Wildman–Crippen LogP) is 3.58. The van der Waals surface area contributed by atoms with Gasteiger partial charge in [-0.05, 0) is 18.2 Å². The van der Waals surface area contributed by atoms with E-state index in [0.29, 0.717) is 17.2 Å². The average Bonchev–Trinajstić information content (AvgIpc) is 3.27. The first-order valence-electron chi connectivity index (χ1n) is 9.65. The number of imidazole rings is 1. The highest BCUT2D eigenvalue weighted by molar-refractivity contribution is 6.08. The molecule has 11 heteroatoms. The zero-order valence-electron chi connectivity index (χ0n) is 17.9. The lowest BCUT2D eigenvalue weighted by molar-refractivity contribution is -0.386. The molecule has 2 aromatic heterocycles. The minimum absolute atomic E-state index is 0.0227. The van der Waals surface area contributed by atoms with Crippen LogP contribution in [0.4, 0.5) is 11.4 Å². The fraction of sp³-hybridized carbons (Fsp3) is 0.136. The Balaban J connectivity index is 1.64. The second-order valence-electron chi connectivity index (χ2n) is 6.78. The first-order valence-corrected chi connectivity index (χ1v) is 9.65. The number of fused-ring (bicyclic) bond motifs is 1. The highest BCUT2D eigenvalue weighted by atomic mass is 16.6. The summed E-state index contributed by atoms with van der Waals surface area (Å²) in [7, 11) is 3.93. The first kappa shape index (κ1) is 21.6. The van der Waals surface area contributed by atoms with E-state index < -0.39 is 16.5 Å². The van der Waals surface area contributed by atoms with Crippen molar-refractivity contribution < 1.29 is 23.9 Å². The zero-order valence-corrected chi connectivity index (χ0v) is 17.9. The summed E-state index contributed by atoms with van der Waals surface area (Å²) in [4.78, 5) is 32.6. The molecule has 1 amide bonds. The number of aromatic nitrogens is 3. The van der Waals surface area contributed by atoms with Crippen molar-refractivity contribution in [2.24, 2.45) is 0 Å². The normalized spacial score (nSPS) is 10.6. The van der Waals surface area contributed by atoms with Crippen molar-refractivity contribution in [3.63, 3.8) is 0 Å². The Labute approximate surface area is 187 Å². The number of nitro benzene ring substituents is 1. The van der Waals surface area contributed by atoms with Crippen LogP contribution in [0, 0.1) is 10.1 Å². The van der Waals surface area contributed by atoms with E-state index in [1.807, 2.05) is 12.4 Å². The third-order valence-electron chi connectivity index (χ3n) is 4.91. The van der Waals surface area contributed by atoms with Gasteiger partial charge in [-0.15, -0.1) is 0 Å². The maximum atomic E-state index is 13.0. The summed E-state index contributed by atoms with van der Waals surface area (Å²) in [6, 6.07) is 9.96. The van der Waals surface area contributed by atoms with Crippen molar-refractivity contribution in [2.45, 2.75) is 0 Å². The Morgan fingerprint density at radius 3 is 2.42 bits per heavy atom. The molecule has 2 aromatic carbocycles. The molecule has 33 heavy (non-hydrogen) atoms. The molecule has 0 unspecified atom stereocenters. The molecule has 0 saturated carbocycles. The third kappa shape index (κ3) is 3.99. The van der Waals surface area contributed by atoms with Gasteiger partial charge >= 0.3 is 5.69 Å². The molecular weight excluding hydrogens is 430 g/mol. The van der Waals surface area contributed by atoms with Crippen LogP contribution in [0.2, 0.25) is 0 Å². The molecular formula is C22H19N5O6. The van der Waals surface area contributed by atoms with Crippen molar-refractivity contribution in [1.82, 2.24) is 14.4 Å². The van der Waals surface area contributed by atoms with Crippen molar-refractivity contribution >= 4 is 23.1 Å². The molecule has 0 aliphatic rings. The molecule has 168 valence electrons. The maximum Gasteiger partial charge on any atom is 0.327 e. The molecule has 4 aromatic rings. The van der Waals surface area contributed by atoms with Gasteiger partial charge in [0, 0.05) is 35.9 Å². The number of nitrogens with zero attached hydrogens (tertiary/aromatic N) is 4. The van der Waals surface area contributed by atoms with Crippen LogP contribution < -0.4 is 19.5 Å². The van der Waals surface area contributed by atoms with Gasteiger partial charge in [-0.3, -0.25) is 19.3 Å². The van der Waals surface area contributed by atoms with Crippen LogP contribution in [0.3, 0.4) is 0 Å². The van der Waals surface area contributed by atoms with E-state index in [-0.39, 0.29) is 22.8 Å². The summed E-state index contributed by atoms with van der Waals surface area (Å²) in [6.45, 7) is 0. The minimum Gasteiger partial charge on any atom is -0.493 e. The average molecular weight is 449 g/mol. The Hall–Kier alpha value is -4.67. The number of nitrogens with one attached hydrogen (secondary N) is 1. The van der Waals surface area contributed by atoms with E-state index in [1.54, 1.807) is 40.9 Å². The Kier molecular flexibility index (Phi) is 5.77. The second kappa shape index (κ2) is 8.83. The molecule has 2 heterocycles. The third-order valence-corrected chi connectivity index (χ3v) is 4.91. The van der Waals surface area contributed by atoms with E-state index >= 15 is 0 Å². The number of methoxy groups -OCH3 is 3. The number of anilines is 1. The number of carbonyl (C=O) groups is 1. The molecule has 0 spiro atoms. The molecule has 0 aliphatic heterocycles. The Morgan fingerprint density at radius 2 is 1.82 bits per heavy atom. The van der Waals surface area contributed by atoms with E-state index in [2.05, 4.69) is 15.3 Å². The van der Waals surface area contributed by atoms with Crippen molar-refractivity contribution in [1.29, 1.82) is 0 Å². The molecule has 0 bridgehead atoms. The number of ether oxygens (including phenoxy) is 3. The highest BCUT2D eigenvalue weighted by Gasteiger charge is 2.32. The van der Waals surface area contributed by atoms with Crippen LogP contribution in [0.15, 0.2) is 55.0 Å². The van der Waals surface area contributed by atoms with Gasteiger partial charge in [-0.25, -0.2) is 9.97 Å². The van der Waals surface area contributed by atoms with Crippen molar-refractivity contribution in [2.75, 3.05) is 26.6 Å². The van der Waals surface area contributed by atoms with Gasteiger partial charge in [-0.2, -0.15) is 0 Å². The van der Waals surface area contributed by atoms with E-state index in [0.717, 1.165) is 5.56 Å². The molecule has 0 saturated heterocycles. The van der Waals surface area contributed by atoms with E-state index in [4.69, 9.17) is 14.2 Å². The first-order chi connectivity index (χ1) is 16.0. The minimum atomic E-state index is -0.703.